The minimum atomic E-state index is -0.0802. The molecular formula is C22H24N2O3S. The Bertz CT molecular complexity index is 1060. The van der Waals surface area contributed by atoms with Crippen molar-refractivity contribution in [2.45, 2.75) is 32.0 Å². The van der Waals surface area contributed by atoms with Crippen molar-refractivity contribution in [2.75, 3.05) is 19.5 Å². The number of hydrogen-bond acceptors (Lipinski definition) is 5. The Balaban J connectivity index is 1.90. The molecule has 0 atom stereocenters. The van der Waals surface area contributed by atoms with Gasteiger partial charge in [0.05, 0.1) is 16.7 Å². The molecule has 3 rings (SSSR count). The predicted octanol–water partition coefficient (Wildman–Crippen LogP) is 4.02. The fourth-order valence-electron chi connectivity index (χ4n) is 3.07. The number of aryl methyl sites for hydroxylation is 2. The van der Waals surface area contributed by atoms with E-state index in [1.165, 1.54) is 11.8 Å². The average molecular weight is 397 g/mol. The van der Waals surface area contributed by atoms with Crippen molar-refractivity contribution in [2.24, 2.45) is 0 Å². The van der Waals surface area contributed by atoms with E-state index in [0.717, 1.165) is 16.7 Å². The van der Waals surface area contributed by atoms with Gasteiger partial charge in [0, 0.05) is 25.8 Å². The minimum Gasteiger partial charge on any atom is -0.385 e. The summed E-state index contributed by atoms with van der Waals surface area (Å²) in [6.45, 7) is 4.98. The molecule has 2 aromatic carbocycles. The molecule has 0 saturated heterocycles. The standard InChI is InChI=1S/C22H24N2O3S/c1-15-9-10-16(2)18(13-15)20(25)14-28-22-23-19-8-5-4-7-17(19)21(26)24(22)11-6-12-27-3/h4-5,7-10,13H,6,11-12,14H2,1-3H3. The van der Waals surface area contributed by atoms with Crippen molar-refractivity contribution in [1.82, 2.24) is 9.55 Å². The second-order valence-electron chi connectivity index (χ2n) is 6.74. The van der Waals surface area contributed by atoms with Crippen LogP contribution in [0.3, 0.4) is 0 Å². The molecule has 0 aliphatic carbocycles. The molecule has 1 aromatic heterocycles. The Morgan fingerprint density at radius 1 is 1.18 bits per heavy atom. The number of thioether (sulfide) groups is 1. The lowest BCUT2D eigenvalue weighted by molar-refractivity contribution is 0.102. The highest BCUT2D eigenvalue weighted by molar-refractivity contribution is 7.99. The van der Waals surface area contributed by atoms with Crippen LogP contribution < -0.4 is 5.56 Å². The average Bonchev–Trinajstić information content (AvgIpc) is 2.70. The molecular weight excluding hydrogens is 372 g/mol. The molecule has 6 heteroatoms. The summed E-state index contributed by atoms with van der Waals surface area (Å²) in [6.07, 6.45) is 0.703. The second kappa shape index (κ2) is 9.17. The van der Waals surface area contributed by atoms with Crippen molar-refractivity contribution in [3.63, 3.8) is 0 Å². The van der Waals surface area contributed by atoms with Crippen LogP contribution in [-0.4, -0.2) is 34.8 Å². The molecule has 0 aliphatic rings. The Labute approximate surface area is 168 Å². The lowest BCUT2D eigenvalue weighted by atomic mass is 10.0. The van der Waals surface area contributed by atoms with Crippen molar-refractivity contribution in [3.05, 3.63) is 69.5 Å². The normalized spacial score (nSPS) is 11.1. The summed E-state index contributed by atoms with van der Waals surface area (Å²) in [5, 5.41) is 1.16. The zero-order valence-electron chi connectivity index (χ0n) is 16.4. The van der Waals surface area contributed by atoms with E-state index in [0.29, 0.717) is 35.6 Å². The summed E-state index contributed by atoms with van der Waals surface area (Å²) in [6, 6.07) is 13.2. The Kier molecular flexibility index (Phi) is 6.65. The Morgan fingerprint density at radius 3 is 2.75 bits per heavy atom. The van der Waals surface area contributed by atoms with E-state index in [2.05, 4.69) is 4.98 Å². The van der Waals surface area contributed by atoms with Crippen LogP contribution in [0.1, 0.15) is 27.9 Å². The Morgan fingerprint density at radius 2 is 1.96 bits per heavy atom. The molecule has 28 heavy (non-hydrogen) atoms. The van der Waals surface area contributed by atoms with Gasteiger partial charge in [0.2, 0.25) is 0 Å². The summed E-state index contributed by atoms with van der Waals surface area (Å²) in [4.78, 5) is 30.3. The monoisotopic (exact) mass is 396 g/mol. The number of carbonyl (C=O) groups is 1. The quantitative estimate of drug-likeness (QED) is 0.249. The summed E-state index contributed by atoms with van der Waals surface area (Å²) in [5.41, 5.74) is 3.31. The SMILES string of the molecule is COCCCn1c(SCC(=O)c2cc(C)ccc2C)nc2ccccc2c1=O. The molecule has 0 fully saturated rings. The number of fused-ring (bicyclic) bond motifs is 1. The summed E-state index contributed by atoms with van der Waals surface area (Å²) in [7, 11) is 1.64. The largest absolute Gasteiger partial charge is 0.385 e. The molecule has 146 valence electrons. The molecule has 0 unspecified atom stereocenters. The number of nitrogens with zero attached hydrogens (tertiary/aromatic N) is 2. The van der Waals surface area contributed by atoms with Gasteiger partial charge in [-0.25, -0.2) is 4.98 Å². The maximum absolute atomic E-state index is 12.9. The number of benzene rings is 2. The van der Waals surface area contributed by atoms with Gasteiger partial charge in [0.25, 0.3) is 5.56 Å². The van der Waals surface area contributed by atoms with Crippen LogP contribution in [0.4, 0.5) is 0 Å². The third-order valence-corrected chi connectivity index (χ3v) is 5.56. The van der Waals surface area contributed by atoms with Gasteiger partial charge in [-0.15, -0.1) is 0 Å². The van der Waals surface area contributed by atoms with Crippen LogP contribution in [0.5, 0.6) is 0 Å². The zero-order chi connectivity index (χ0) is 20.1. The second-order valence-corrected chi connectivity index (χ2v) is 7.69. The number of ether oxygens (including phenoxy) is 1. The van der Waals surface area contributed by atoms with Crippen molar-refractivity contribution < 1.29 is 9.53 Å². The summed E-state index contributed by atoms with van der Waals surface area (Å²) in [5.74, 6) is 0.274. The lowest BCUT2D eigenvalue weighted by Gasteiger charge is -2.13. The number of para-hydroxylation sites is 1. The van der Waals surface area contributed by atoms with Gasteiger partial charge < -0.3 is 4.74 Å². The van der Waals surface area contributed by atoms with Gasteiger partial charge in [-0.05, 0) is 44.0 Å². The molecule has 5 nitrogen and oxygen atoms in total. The van der Waals surface area contributed by atoms with Crippen LogP contribution >= 0.6 is 11.8 Å². The van der Waals surface area contributed by atoms with E-state index in [1.54, 1.807) is 17.7 Å². The molecule has 0 saturated carbocycles. The number of Topliss-reactive ketones (excluding diaryl/α,β-unsaturated/α-hetero) is 1. The molecule has 0 amide bonds. The smallest absolute Gasteiger partial charge is 0.262 e. The maximum Gasteiger partial charge on any atom is 0.262 e. The van der Waals surface area contributed by atoms with Crippen molar-refractivity contribution >= 4 is 28.4 Å². The third kappa shape index (κ3) is 4.51. The molecule has 0 spiro atoms. The topological polar surface area (TPSA) is 61.2 Å². The van der Waals surface area contributed by atoms with Gasteiger partial charge in [-0.3, -0.25) is 14.2 Å². The molecule has 1 heterocycles. The fraction of sp³-hybridized carbons (Fsp3) is 0.318. The van der Waals surface area contributed by atoms with Crippen LogP contribution in [-0.2, 0) is 11.3 Å². The van der Waals surface area contributed by atoms with Gasteiger partial charge in [-0.2, -0.15) is 0 Å². The molecule has 0 N–H and O–H groups in total. The number of methoxy groups -OCH3 is 1. The first-order valence-electron chi connectivity index (χ1n) is 9.23. The van der Waals surface area contributed by atoms with E-state index in [-0.39, 0.29) is 17.1 Å². The molecule has 3 aromatic rings. The van der Waals surface area contributed by atoms with E-state index < -0.39 is 0 Å². The Hall–Kier alpha value is -2.44. The molecule has 0 aliphatic heterocycles. The number of carbonyl (C=O) groups excluding carboxylic acids is 1. The number of ketones is 1. The highest BCUT2D eigenvalue weighted by Crippen LogP contribution is 2.21. The summed E-state index contributed by atoms with van der Waals surface area (Å²) < 4.78 is 6.77. The first-order valence-corrected chi connectivity index (χ1v) is 10.2. The van der Waals surface area contributed by atoms with Crippen LogP contribution in [0.2, 0.25) is 0 Å². The maximum atomic E-state index is 12.9. The number of hydrogen-bond donors (Lipinski definition) is 0. The van der Waals surface area contributed by atoms with Gasteiger partial charge >= 0.3 is 0 Å². The third-order valence-electron chi connectivity index (χ3n) is 4.58. The molecule has 0 radical (unpaired) electrons. The summed E-state index contributed by atoms with van der Waals surface area (Å²) >= 11 is 1.31. The number of aromatic nitrogens is 2. The first kappa shape index (κ1) is 20.3. The van der Waals surface area contributed by atoms with Gasteiger partial charge in [-0.1, -0.05) is 41.6 Å². The van der Waals surface area contributed by atoms with Crippen molar-refractivity contribution in [1.29, 1.82) is 0 Å². The van der Waals surface area contributed by atoms with Crippen LogP contribution in [0.15, 0.2) is 52.4 Å². The van der Waals surface area contributed by atoms with Crippen LogP contribution in [0.25, 0.3) is 10.9 Å². The highest BCUT2D eigenvalue weighted by atomic mass is 32.2. The van der Waals surface area contributed by atoms with Gasteiger partial charge in [0.1, 0.15) is 0 Å². The van der Waals surface area contributed by atoms with Gasteiger partial charge in [0.15, 0.2) is 10.9 Å². The van der Waals surface area contributed by atoms with Crippen LogP contribution in [0, 0.1) is 13.8 Å². The van der Waals surface area contributed by atoms with E-state index in [9.17, 15) is 9.59 Å². The van der Waals surface area contributed by atoms with E-state index >= 15 is 0 Å². The zero-order valence-corrected chi connectivity index (χ0v) is 17.2. The van der Waals surface area contributed by atoms with E-state index in [4.69, 9.17) is 4.74 Å². The number of rotatable bonds is 8. The predicted molar refractivity (Wildman–Crippen MR) is 113 cm³/mol. The minimum absolute atomic E-state index is 0.0389. The van der Waals surface area contributed by atoms with E-state index in [1.807, 2.05) is 50.2 Å². The molecule has 0 bridgehead atoms. The highest BCUT2D eigenvalue weighted by Gasteiger charge is 2.15. The van der Waals surface area contributed by atoms with Crippen molar-refractivity contribution in [3.8, 4) is 0 Å². The lowest BCUT2D eigenvalue weighted by Crippen LogP contribution is -2.24. The first-order chi connectivity index (χ1) is 13.5. The fourth-order valence-corrected chi connectivity index (χ4v) is 3.97.